The number of halogens is 3. The lowest BCUT2D eigenvalue weighted by molar-refractivity contribution is -0.275. The molecule has 0 aromatic heterocycles. The Hall–Kier alpha value is -1.72. The first-order chi connectivity index (χ1) is 7.03. The van der Waals surface area contributed by atoms with Gasteiger partial charge in [0.1, 0.15) is 12.4 Å². The molecule has 0 fully saturated rings. The second-order valence-corrected chi connectivity index (χ2v) is 2.53. The van der Waals surface area contributed by atoms with Crippen LogP contribution in [0, 0.1) is 0 Å². The molecule has 6 heteroatoms. The summed E-state index contributed by atoms with van der Waals surface area (Å²) in [6.07, 6.45) is -4.76. The molecular formula is C9H6F3O3. The standard InChI is InChI=1S/C9H6F3O3/c10-9(11,12)15-8-4-2-1-3-7(8)5-14-6-13/h1-4H,5H2. The van der Waals surface area contributed by atoms with Gasteiger partial charge in [0.15, 0.2) is 0 Å². The highest BCUT2D eigenvalue weighted by Gasteiger charge is 2.31. The normalized spacial score (nSPS) is 10.9. The maximum absolute atomic E-state index is 11.9. The van der Waals surface area contributed by atoms with Gasteiger partial charge in [0.05, 0.1) is 0 Å². The predicted molar refractivity (Wildman–Crippen MR) is 43.6 cm³/mol. The largest absolute Gasteiger partial charge is 0.573 e. The lowest BCUT2D eigenvalue weighted by Crippen LogP contribution is -2.18. The molecule has 0 bridgehead atoms. The Balaban J connectivity index is 2.81. The molecule has 3 nitrogen and oxygen atoms in total. The van der Waals surface area contributed by atoms with Crippen molar-refractivity contribution in [2.24, 2.45) is 0 Å². The minimum Gasteiger partial charge on any atom is -0.452 e. The van der Waals surface area contributed by atoms with Crippen LogP contribution in [0.2, 0.25) is 0 Å². The lowest BCUT2D eigenvalue weighted by atomic mass is 10.2. The maximum Gasteiger partial charge on any atom is 0.573 e. The summed E-state index contributed by atoms with van der Waals surface area (Å²) in [4.78, 5) is 9.76. The predicted octanol–water partition coefficient (Wildman–Crippen LogP) is 2.17. The van der Waals surface area contributed by atoms with Crippen LogP contribution in [0.4, 0.5) is 13.2 Å². The van der Waals surface area contributed by atoms with Gasteiger partial charge in [0, 0.05) is 5.56 Å². The summed E-state index contributed by atoms with van der Waals surface area (Å²) >= 11 is 0. The van der Waals surface area contributed by atoms with E-state index in [-0.39, 0.29) is 17.9 Å². The van der Waals surface area contributed by atoms with Crippen LogP contribution < -0.4 is 4.74 Å². The van der Waals surface area contributed by atoms with Crippen molar-refractivity contribution in [3.63, 3.8) is 0 Å². The number of hydrogen-bond donors (Lipinski definition) is 0. The molecule has 0 aliphatic rings. The number of benzene rings is 1. The first kappa shape index (κ1) is 11.4. The topological polar surface area (TPSA) is 35.5 Å². The van der Waals surface area contributed by atoms with Crippen molar-refractivity contribution in [2.45, 2.75) is 13.0 Å². The molecule has 0 unspecified atom stereocenters. The number of ether oxygens (including phenoxy) is 2. The fourth-order valence-electron chi connectivity index (χ4n) is 0.955. The quantitative estimate of drug-likeness (QED) is 0.778. The molecule has 0 spiro atoms. The van der Waals surface area contributed by atoms with Crippen LogP contribution in [0.1, 0.15) is 5.56 Å². The van der Waals surface area contributed by atoms with Gasteiger partial charge in [-0.1, -0.05) is 18.2 Å². The van der Waals surface area contributed by atoms with Crippen LogP contribution in [0.25, 0.3) is 0 Å². The first-order valence-electron chi connectivity index (χ1n) is 3.85. The molecule has 0 saturated heterocycles. The molecule has 0 heterocycles. The number of hydrogen-bond acceptors (Lipinski definition) is 3. The number of para-hydroxylation sites is 1. The van der Waals surface area contributed by atoms with Crippen LogP contribution in [-0.4, -0.2) is 12.8 Å². The van der Waals surface area contributed by atoms with Crippen molar-refractivity contribution in [3.8, 4) is 5.75 Å². The molecule has 0 saturated carbocycles. The highest BCUT2D eigenvalue weighted by molar-refractivity contribution is 5.40. The van der Waals surface area contributed by atoms with Crippen molar-refractivity contribution in [1.29, 1.82) is 0 Å². The Morgan fingerprint density at radius 2 is 1.93 bits per heavy atom. The van der Waals surface area contributed by atoms with Crippen molar-refractivity contribution in [3.05, 3.63) is 29.8 Å². The number of carbonyl (C=O) groups excluding carboxylic acids is 1. The lowest BCUT2D eigenvalue weighted by Gasteiger charge is -2.11. The minimum atomic E-state index is -4.76. The Labute approximate surface area is 83.4 Å². The van der Waals surface area contributed by atoms with E-state index in [9.17, 15) is 18.0 Å². The van der Waals surface area contributed by atoms with Gasteiger partial charge in [-0.25, -0.2) is 4.79 Å². The van der Waals surface area contributed by atoms with Gasteiger partial charge in [-0.15, -0.1) is 13.2 Å². The average molecular weight is 219 g/mol. The Morgan fingerprint density at radius 3 is 2.53 bits per heavy atom. The number of alkyl halides is 3. The van der Waals surface area contributed by atoms with Gasteiger partial charge in [-0.05, 0) is 6.07 Å². The van der Waals surface area contributed by atoms with Gasteiger partial charge in [-0.2, -0.15) is 0 Å². The smallest absolute Gasteiger partial charge is 0.452 e. The van der Waals surface area contributed by atoms with E-state index in [0.29, 0.717) is 0 Å². The van der Waals surface area contributed by atoms with Crippen molar-refractivity contribution in [2.75, 3.05) is 0 Å². The second kappa shape index (κ2) is 4.68. The van der Waals surface area contributed by atoms with Gasteiger partial charge < -0.3 is 9.47 Å². The number of rotatable bonds is 4. The third-order valence-corrected chi connectivity index (χ3v) is 1.48. The van der Waals surface area contributed by atoms with Gasteiger partial charge in [0.25, 0.3) is 0 Å². The van der Waals surface area contributed by atoms with E-state index in [0.717, 1.165) is 12.5 Å². The molecule has 0 N–H and O–H groups in total. The van der Waals surface area contributed by atoms with Gasteiger partial charge >= 0.3 is 12.8 Å². The van der Waals surface area contributed by atoms with E-state index in [1.54, 1.807) is 0 Å². The van der Waals surface area contributed by atoms with Crippen LogP contribution in [0.3, 0.4) is 0 Å². The maximum atomic E-state index is 11.9. The molecule has 81 valence electrons. The molecular weight excluding hydrogens is 213 g/mol. The fourth-order valence-corrected chi connectivity index (χ4v) is 0.955. The molecule has 1 radical (unpaired) electrons. The molecule has 1 rings (SSSR count). The fraction of sp³-hybridized carbons (Fsp3) is 0.222. The highest BCUT2D eigenvalue weighted by atomic mass is 19.4. The van der Waals surface area contributed by atoms with Gasteiger partial charge in [-0.3, -0.25) is 0 Å². The highest BCUT2D eigenvalue weighted by Crippen LogP contribution is 2.26. The van der Waals surface area contributed by atoms with Crippen LogP contribution in [0.5, 0.6) is 5.75 Å². The first-order valence-corrected chi connectivity index (χ1v) is 3.85. The van der Waals surface area contributed by atoms with E-state index in [2.05, 4.69) is 9.47 Å². The molecule has 1 aromatic carbocycles. The summed E-state index contributed by atoms with van der Waals surface area (Å²) in [5, 5.41) is 0. The summed E-state index contributed by atoms with van der Waals surface area (Å²) in [6, 6.07) is 5.39. The van der Waals surface area contributed by atoms with E-state index in [4.69, 9.17) is 0 Å². The third-order valence-electron chi connectivity index (χ3n) is 1.48. The van der Waals surface area contributed by atoms with E-state index >= 15 is 0 Å². The average Bonchev–Trinajstić information content (AvgIpc) is 2.14. The van der Waals surface area contributed by atoms with Crippen molar-refractivity contribution < 1.29 is 27.4 Å². The van der Waals surface area contributed by atoms with Crippen molar-refractivity contribution in [1.82, 2.24) is 0 Å². The summed E-state index contributed by atoms with van der Waals surface area (Å²) in [5.41, 5.74) is 0.123. The zero-order valence-corrected chi connectivity index (χ0v) is 7.38. The summed E-state index contributed by atoms with van der Waals surface area (Å²) in [7, 11) is 0. The van der Waals surface area contributed by atoms with Crippen LogP contribution in [-0.2, 0) is 16.1 Å². The minimum absolute atomic E-state index is 0.123. The SMILES string of the molecule is O=[C]OCc1ccccc1OC(F)(F)F. The van der Waals surface area contributed by atoms with Crippen LogP contribution >= 0.6 is 0 Å². The van der Waals surface area contributed by atoms with E-state index in [1.807, 2.05) is 0 Å². The van der Waals surface area contributed by atoms with E-state index < -0.39 is 6.36 Å². The zero-order valence-electron chi connectivity index (χ0n) is 7.38. The Kier molecular flexibility index (Phi) is 3.54. The van der Waals surface area contributed by atoms with Crippen LogP contribution in [0.15, 0.2) is 24.3 Å². The molecule has 0 amide bonds. The second-order valence-electron chi connectivity index (χ2n) is 2.53. The Morgan fingerprint density at radius 1 is 1.27 bits per heavy atom. The molecule has 0 aliphatic carbocycles. The monoisotopic (exact) mass is 219 g/mol. The van der Waals surface area contributed by atoms with Gasteiger partial charge in [0.2, 0.25) is 0 Å². The molecule has 1 aromatic rings. The van der Waals surface area contributed by atoms with E-state index in [1.165, 1.54) is 18.2 Å². The molecule has 0 atom stereocenters. The summed E-state index contributed by atoms with van der Waals surface area (Å²) in [5.74, 6) is -0.389. The zero-order chi connectivity index (χ0) is 11.3. The van der Waals surface area contributed by atoms with Crippen molar-refractivity contribution >= 4 is 6.47 Å². The Bertz CT molecular complexity index is 336. The molecule has 0 aliphatic heterocycles. The molecule has 15 heavy (non-hydrogen) atoms. The summed E-state index contributed by atoms with van der Waals surface area (Å²) in [6.45, 7) is 0.810. The third kappa shape index (κ3) is 3.88. The summed E-state index contributed by atoms with van der Waals surface area (Å²) < 4.78 is 43.7.